The van der Waals surface area contributed by atoms with Crippen molar-refractivity contribution in [1.29, 1.82) is 5.26 Å². The molecule has 0 unspecified atom stereocenters. The van der Waals surface area contributed by atoms with E-state index in [0.717, 1.165) is 16.7 Å². The number of aldehydes is 1. The summed E-state index contributed by atoms with van der Waals surface area (Å²) >= 11 is 1.53. The third-order valence-corrected chi connectivity index (χ3v) is 4.51. The molecule has 1 aromatic heterocycles. The summed E-state index contributed by atoms with van der Waals surface area (Å²) in [6.07, 6.45) is 0.719. The van der Waals surface area contributed by atoms with Crippen molar-refractivity contribution in [3.8, 4) is 11.9 Å². The predicted octanol–water partition coefficient (Wildman–Crippen LogP) is 4.54. The number of hydrogen-bond donors (Lipinski definition) is 0. The van der Waals surface area contributed by atoms with Crippen LogP contribution in [0.15, 0.2) is 35.2 Å². The maximum Gasteiger partial charge on any atom is 0.233 e. The monoisotopic (exact) mass is 340 g/mol. The number of thioether (sulfide) groups is 1. The van der Waals surface area contributed by atoms with Gasteiger partial charge in [0.15, 0.2) is 6.29 Å². The molecule has 0 amide bonds. The van der Waals surface area contributed by atoms with E-state index in [1.165, 1.54) is 11.8 Å². The maximum absolute atomic E-state index is 11.6. The van der Waals surface area contributed by atoms with Gasteiger partial charge in [-0.3, -0.25) is 4.79 Å². The van der Waals surface area contributed by atoms with Crippen molar-refractivity contribution in [2.24, 2.45) is 0 Å². The number of hydrogen-bond acceptors (Lipinski definition) is 5. The van der Waals surface area contributed by atoms with Gasteiger partial charge in [-0.15, -0.1) is 11.8 Å². The van der Waals surface area contributed by atoms with Gasteiger partial charge >= 0.3 is 0 Å². The standard InChI is InChI=1S/C19H20N2O2S/c1-13-17(24-19(2,3)4)16(11-22)15(10-20)18(21-13)23-12-14-8-6-5-7-9-14/h5-9,11H,12H2,1-4H3. The van der Waals surface area contributed by atoms with E-state index in [1.807, 2.05) is 37.3 Å². The summed E-state index contributed by atoms with van der Waals surface area (Å²) in [5.41, 5.74) is 2.21. The summed E-state index contributed by atoms with van der Waals surface area (Å²) in [7, 11) is 0. The van der Waals surface area contributed by atoms with Gasteiger partial charge in [-0.05, 0) is 12.5 Å². The molecule has 2 rings (SSSR count). The van der Waals surface area contributed by atoms with Crippen molar-refractivity contribution in [1.82, 2.24) is 4.98 Å². The minimum atomic E-state index is -0.0939. The quantitative estimate of drug-likeness (QED) is 0.590. The first-order valence-electron chi connectivity index (χ1n) is 7.61. The van der Waals surface area contributed by atoms with E-state index in [9.17, 15) is 10.1 Å². The summed E-state index contributed by atoms with van der Waals surface area (Å²) in [5, 5.41) is 9.50. The van der Waals surface area contributed by atoms with Crippen LogP contribution >= 0.6 is 11.8 Å². The van der Waals surface area contributed by atoms with Crippen LogP contribution in [0.2, 0.25) is 0 Å². The molecule has 1 heterocycles. The van der Waals surface area contributed by atoms with E-state index in [2.05, 4.69) is 31.8 Å². The lowest BCUT2D eigenvalue weighted by Crippen LogP contribution is -2.11. The lowest BCUT2D eigenvalue weighted by Gasteiger charge is -2.21. The Bertz CT molecular complexity index is 775. The number of carbonyl (C=O) groups is 1. The molecule has 0 aliphatic heterocycles. The molecule has 0 aliphatic carbocycles. The number of nitrogens with zero attached hydrogens (tertiary/aromatic N) is 2. The molecular weight excluding hydrogens is 320 g/mol. The van der Waals surface area contributed by atoms with Gasteiger partial charge in [-0.1, -0.05) is 51.1 Å². The average Bonchev–Trinajstić information content (AvgIpc) is 2.54. The highest BCUT2D eigenvalue weighted by molar-refractivity contribution is 8.00. The Morgan fingerprint density at radius 3 is 2.50 bits per heavy atom. The van der Waals surface area contributed by atoms with Gasteiger partial charge in [0, 0.05) is 9.64 Å². The summed E-state index contributed by atoms with van der Waals surface area (Å²) in [5.74, 6) is 0.208. The highest BCUT2D eigenvalue weighted by atomic mass is 32.2. The van der Waals surface area contributed by atoms with Gasteiger partial charge in [0.1, 0.15) is 18.2 Å². The molecule has 0 atom stereocenters. The molecule has 0 aliphatic rings. The van der Waals surface area contributed by atoms with Crippen molar-refractivity contribution in [3.63, 3.8) is 0 Å². The SMILES string of the molecule is Cc1nc(OCc2ccccc2)c(C#N)c(C=O)c1SC(C)(C)C. The second-order valence-corrected chi connectivity index (χ2v) is 8.18. The number of pyridine rings is 1. The van der Waals surface area contributed by atoms with Crippen molar-refractivity contribution in [2.45, 2.75) is 43.9 Å². The van der Waals surface area contributed by atoms with Gasteiger partial charge in [0.25, 0.3) is 0 Å². The summed E-state index contributed by atoms with van der Waals surface area (Å²) in [6, 6.07) is 11.7. The topological polar surface area (TPSA) is 63.0 Å². The normalized spacial score (nSPS) is 11.0. The second-order valence-electron chi connectivity index (χ2n) is 6.34. The summed E-state index contributed by atoms with van der Waals surface area (Å²) in [6.45, 7) is 8.29. The van der Waals surface area contributed by atoms with Crippen LogP contribution in [0.25, 0.3) is 0 Å². The Balaban J connectivity index is 2.41. The zero-order valence-electron chi connectivity index (χ0n) is 14.3. The van der Waals surface area contributed by atoms with Crippen molar-refractivity contribution >= 4 is 18.0 Å². The van der Waals surface area contributed by atoms with Gasteiger partial charge in [-0.25, -0.2) is 4.98 Å². The van der Waals surface area contributed by atoms with E-state index in [4.69, 9.17) is 4.74 Å². The van der Waals surface area contributed by atoms with E-state index in [1.54, 1.807) is 0 Å². The van der Waals surface area contributed by atoms with Crippen LogP contribution in [0.4, 0.5) is 0 Å². The Hall–Kier alpha value is -2.32. The molecule has 5 heteroatoms. The van der Waals surface area contributed by atoms with E-state index in [0.29, 0.717) is 17.9 Å². The van der Waals surface area contributed by atoms with E-state index in [-0.39, 0.29) is 16.2 Å². The van der Waals surface area contributed by atoms with Gasteiger partial charge in [0.05, 0.1) is 11.3 Å². The van der Waals surface area contributed by atoms with E-state index < -0.39 is 0 Å². The van der Waals surface area contributed by atoms with E-state index >= 15 is 0 Å². The molecule has 2 aromatic rings. The predicted molar refractivity (Wildman–Crippen MR) is 95.5 cm³/mol. The number of benzene rings is 1. The van der Waals surface area contributed by atoms with Crippen molar-refractivity contribution in [3.05, 3.63) is 52.7 Å². The summed E-state index contributed by atoms with van der Waals surface area (Å²) < 4.78 is 5.63. The number of aryl methyl sites for hydroxylation is 1. The molecule has 0 saturated heterocycles. The molecule has 0 spiro atoms. The average molecular weight is 340 g/mol. The zero-order chi connectivity index (χ0) is 17.7. The highest BCUT2D eigenvalue weighted by Crippen LogP contribution is 2.38. The molecule has 0 saturated carbocycles. The van der Waals surface area contributed by atoms with Crippen molar-refractivity contribution in [2.75, 3.05) is 0 Å². The van der Waals surface area contributed by atoms with Crippen LogP contribution in [-0.2, 0) is 6.61 Å². The molecule has 0 bridgehead atoms. The molecule has 0 N–H and O–H groups in total. The Morgan fingerprint density at radius 2 is 1.96 bits per heavy atom. The Morgan fingerprint density at radius 1 is 1.29 bits per heavy atom. The smallest absolute Gasteiger partial charge is 0.233 e. The molecule has 24 heavy (non-hydrogen) atoms. The molecular formula is C19H20N2O2S. The lowest BCUT2D eigenvalue weighted by molar-refractivity contribution is 0.111. The largest absolute Gasteiger partial charge is 0.472 e. The molecule has 124 valence electrons. The van der Waals surface area contributed by atoms with Gasteiger partial charge in [0.2, 0.25) is 5.88 Å². The summed E-state index contributed by atoms with van der Waals surface area (Å²) in [4.78, 5) is 16.8. The highest BCUT2D eigenvalue weighted by Gasteiger charge is 2.23. The Kier molecular flexibility index (Phi) is 5.63. The number of rotatable bonds is 5. The minimum absolute atomic E-state index is 0.0939. The molecule has 0 radical (unpaired) electrons. The number of aromatic nitrogens is 1. The molecule has 0 fully saturated rings. The second kappa shape index (κ2) is 7.50. The van der Waals surface area contributed by atoms with Crippen LogP contribution in [-0.4, -0.2) is 16.0 Å². The maximum atomic E-state index is 11.6. The van der Waals surface area contributed by atoms with Crippen LogP contribution in [0.3, 0.4) is 0 Å². The third kappa shape index (κ3) is 4.36. The number of ether oxygens (including phenoxy) is 1. The molecule has 1 aromatic carbocycles. The fourth-order valence-corrected chi connectivity index (χ4v) is 3.23. The first-order chi connectivity index (χ1) is 11.4. The third-order valence-electron chi connectivity index (χ3n) is 3.18. The zero-order valence-corrected chi connectivity index (χ0v) is 15.1. The number of nitriles is 1. The fraction of sp³-hybridized carbons (Fsp3) is 0.316. The van der Waals surface area contributed by atoms with Crippen LogP contribution < -0.4 is 4.74 Å². The molecule has 4 nitrogen and oxygen atoms in total. The first-order valence-corrected chi connectivity index (χ1v) is 8.43. The van der Waals surface area contributed by atoms with Crippen LogP contribution in [0.1, 0.15) is 48.0 Å². The first kappa shape index (κ1) is 18.0. The van der Waals surface area contributed by atoms with Crippen LogP contribution in [0, 0.1) is 18.3 Å². The fourth-order valence-electron chi connectivity index (χ4n) is 2.17. The van der Waals surface area contributed by atoms with Gasteiger partial charge in [-0.2, -0.15) is 5.26 Å². The minimum Gasteiger partial charge on any atom is -0.472 e. The Labute approximate surface area is 146 Å². The van der Waals surface area contributed by atoms with Crippen LogP contribution in [0.5, 0.6) is 5.88 Å². The van der Waals surface area contributed by atoms with Crippen molar-refractivity contribution < 1.29 is 9.53 Å². The number of carbonyl (C=O) groups excluding carboxylic acids is 1. The lowest BCUT2D eigenvalue weighted by atomic mass is 10.1. The van der Waals surface area contributed by atoms with Gasteiger partial charge < -0.3 is 4.74 Å².